The van der Waals surface area contributed by atoms with Crippen molar-refractivity contribution in [2.24, 2.45) is 0 Å². The monoisotopic (exact) mass is 402 g/mol. The fourth-order valence-corrected chi connectivity index (χ4v) is 4.23. The van der Waals surface area contributed by atoms with Crippen molar-refractivity contribution in [2.45, 2.75) is 31.6 Å². The van der Waals surface area contributed by atoms with Crippen molar-refractivity contribution in [3.63, 3.8) is 0 Å². The number of hydrogen-bond donors (Lipinski definition) is 1. The topological polar surface area (TPSA) is 92.8 Å². The van der Waals surface area contributed by atoms with Crippen LogP contribution in [0.5, 0.6) is 0 Å². The molecule has 0 atom stereocenters. The Balaban J connectivity index is 1.83. The van der Waals surface area contributed by atoms with Gasteiger partial charge in [0.25, 0.3) is 10.0 Å². The summed E-state index contributed by atoms with van der Waals surface area (Å²) in [5.74, 6) is -0.458. The molecule has 1 aliphatic rings. The number of nitrogens with zero attached hydrogens (tertiary/aromatic N) is 1. The summed E-state index contributed by atoms with van der Waals surface area (Å²) in [5, 5.41) is 0. The fraction of sp³-hybridized carbons (Fsp3) is 0.300. The maximum atomic E-state index is 12.7. The third-order valence-electron chi connectivity index (χ3n) is 4.61. The second-order valence-electron chi connectivity index (χ2n) is 6.45. The molecule has 0 aliphatic carbocycles. The molecule has 2 aromatic carbocycles. The fourth-order valence-electron chi connectivity index (χ4n) is 3.11. The number of ether oxygens (including phenoxy) is 1. The van der Waals surface area contributed by atoms with Gasteiger partial charge in [-0.2, -0.15) is 0 Å². The van der Waals surface area contributed by atoms with Crippen LogP contribution in [0, 0.1) is 6.92 Å². The Bertz CT molecular complexity index is 1000. The Kier molecular flexibility index (Phi) is 5.69. The van der Waals surface area contributed by atoms with E-state index in [9.17, 15) is 18.0 Å². The molecule has 1 fully saturated rings. The molecular weight excluding hydrogens is 380 g/mol. The minimum Gasteiger partial charge on any atom is -0.462 e. The molecule has 1 saturated heterocycles. The Hall–Kier alpha value is -2.87. The molecule has 2 aromatic rings. The first-order valence-corrected chi connectivity index (χ1v) is 10.5. The van der Waals surface area contributed by atoms with E-state index in [2.05, 4.69) is 4.72 Å². The molecular formula is C20H22N2O5S. The van der Waals surface area contributed by atoms with Crippen molar-refractivity contribution in [3.8, 4) is 0 Å². The van der Waals surface area contributed by atoms with Gasteiger partial charge in [0, 0.05) is 18.7 Å². The lowest BCUT2D eigenvalue weighted by Crippen LogP contribution is -2.23. The van der Waals surface area contributed by atoms with Crippen LogP contribution in [0.2, 0.25) is 0 Å². The van der Waals surface area contributed by atoms with Crippen molar-refractivity contribution in [3.05, 3.63) is 53.6 Å². The van der Waals surface area contributed by atoms with E-state index < -0.39 is 16.0 Å². The second kappa shape index (κ2) is 8.02. The molecule has 0 saturated carbocycles. The van der Waals surface area contributed by atoms with Gasteiger partial charge in [-0.1, -0.05) is 6.07 Å². The molecule has 7 nitrogen and oxygen atoms in total. The van der Waals surface area contributed by atoms with Crippen molar-refractivity contribution in [2.75, 3.05) is 22.8 Å². The van der Waals surface area contributed by atoms with Gasteiger partial charge in [-0.3, -0.25) is 9.52 Å². The van der Waals surface area contributed by atoms with Gasteiger partial charge in [0.1, 0.15) is 0 Å². The van der Waals surface area contributed by atoms with Crippen molar-refractivity contribution in [1.82, 2.24) is 0 Å². The zero-order chi connectivity index (χ0) is 20.3. The largest absolute Gasteiger partial charge is 0.462 e. The van der Waals surface area contributed by atoms with E-state index in [1.165, 1.54) is 12.1 Å². The molecule has 0 spiro atoms. The van der Waals surface area contributed by atoms with Crippen LogP contribution in [-0.4, -0.2) is 33.4 Å². The minimum atomic E-state index is -3.85. The number of rotatable bonds is 6. The van der Waals surface area contributed by atoms with E-state index in [1.807, 2.05) is 0 Å². The number of anilines is 2. The molecule has 1 N–H and O–H groups in total. The number of carbonyl (C=O) groups is 2. The zero-order valence-corrected chi connectivity index (χ0v) is 16.6. The number of hydrogen-bond acceptors (Lipinski definition) is 5. The Morgan fingerprint density at radius 3 is 2.50 bits per heavy atom. The molecule has 8 heteroatoms. The van der Waals surface area contributed by atoms with Crippen LogP contribution in [0.25, 0.3) is 0 Å². The average molecular weight is 402 g/mol. The predicted octanol–water partition coefficient (Wildman–Crippen LogP) is 3.10. The van der Waals surface area contributed by atoms with Crippen LogP contribution in [0.15, 0.2) is 47.4 Å². The normalized spacial score (nSPS) is 14.2. The van der Waals surface area contributed by atoms with Crippen molar-refractivity contribution in [1.29, 1.82) is 0 Å². The summed E-state index contributed by atoms with van der Waals surface area (Å²) in [4.78, 5) is 25.6. The van der Waals surface area contributed by atoms with Gasteiger partial charge in [0.05, 0.1) is 22.8 Å². The highest BCUT2D eigenvalue weighted by molar-refractivity contribution is 7.92. The Labute approximate surface area is 164 Å². The molecule has 0 radical (unpaired) electrons. The van der Waals surface area contributed by atoms with Gasteiger partial charge in [0.15, 0.2) is 0 Å². The molecule has 148 valence electrons. The minimum absolute atomic E-state index is 0.0418. The van der Waals surface area contributed by atoms with Crippen LogP contribution in [0.4, 0.5) is 11.4 Å². The maximum Gasteiger partial charge on any atom is 0.338 e. The smallest absolute Gasteiger partial charge is 0.338 e. The number of sulfonamides is 1. The summed E-state index contributed by atoms with van der Waals surface area (Å²) < 4.78 is 33.0. The van der Waals surface area contributed by atoms with E-state index in [-0.39, 0.29) is 17.4 Å². The van der Waals surface area contributed by atoms with E-state index in [0.29, 0.717) is 35.5 Å². The maximum absolute atomic E-state index is 12.7. The van der Waals surface area contributed by atoms with E-state index in [4.69, 9.17) is 4.74 Å². The van der Waals surface area contributed by atoms with Gasteiger partial charge >= 0.3 is 5.97 Å². The van der Waals surface area contributed by atoms with Gasteiger partial charge in [0.2, 0.25) is 5.91 Å². The van der Waals surface area contributed by atoms with Crippen molar-refractivity contribution >= 4 is 33.3 Å². The van der Waals surface area contributed by atoms with Gasteiger partial charge in [-0.15, -0.1) is 0 Å². The van der Waals surface area contributed by atoms with Gasteiger partial charge < -0.3 is 9.64 Å². The predicted molar refractivity (Wildman–Crippen MR) is 106 cm³/mol. The molecule has 0 aromatic heterocycles. The summed E-state index contributed by atoms with van der Waals surface area (Å²) >= 11 is 0. The highest BCUT2D eigenvalue weighted by atomic mass is 32.2. The Morgan fingerprint density at radius 2 is 1.89 bits per heavy atom. The third-order valence-corrected chi connectivity index (χ3v) is 5.99. The van der Waals surface area contributed by atoms with Crippen LogP contribution in [0.1, 0.15) is 35.7 Å². The summed E-state index contributed by atoms with van der Waals surface area (Å²) in [7, 11) is -3.85. The van der Waals surface area contributed by atoms with E-state index in [0.717, 1.165) is 6.42 Å². The quantitative estimate of drug-likeness (QED) is 0.750. The first-order valence-electron chi connectivity index (χ1n) is 9.03. The van der Waals surface area contributed by atoms with E-state index in [1.54, 1.807) is 49.1 Å². The molecule has 28 heavy (non-hydrogen) atoms. The van der Waals surface area contributed by atoms with Crippen LogP contribution >= 0.6 is 0 Å². The first kappa shape index (κ1) is 19.9. The number of amides is 1. The Morgan fingerprint density at radius 1 is 1.18 bits per heavy atom. The van der Waals surface area contributed by atoms with Crippen LogP contribution < -0.4 is 9.62 Å². The van der Waals surface area contributed by atoms with E-state index >= 15 is 0 Å². The number of nitrogens with one attached hydrogen (secondary N) is 1. The molecule has 1 heterocycles. The zero-order valence-electron chi connectivity index (χ0n) is 15.8. The summed E-state index contributed by atoms with van der Waals surface area (Å²) in [6, 6.07) is 11.0. The van der Waals surface area contributed by atoms with Gasteiger partial charge in [-0.25, -0.2) is 13.2 Å². The highest BCUT2D eigenvalue weighted by Crippen LogP contribution is 2.26. The van der Waals surface area contributed by atoms with Crippen LogP contribution in [-0.2, 0) is 19.6 Å². The molecule has 0 bridgehead atoms. The van der Waals surface area contributed by atoms with Crippen LogP contribution in [0.3, 0.4) is 0 Å². The van der Waals surface area contributed by atoms with Crippen molar-refractivity contribution < 1.29 is 22.7 Å². The summed E-state index contributed by atoms with van der Waals surface area (Å²) in [6.45, 7) is 4.24. The molecule has 1 amide bonds. The summed E-state index contributed by atoms with van der Waals surface area (Å²) in [5.41, 5.74) is 1.79. The number of esters is 1. The first-order chi connectivity index (χ1) is 13.3. The third kappa shape index (κ3) is 4.01. The van der Waals surface area contributed by atoms with Gasteiger partial charge in [-0.05, 0) is 62.2 Å². The molecule has 0 unspecified atom stereocenters. The summed E-state index contributed by atoms with van der Waals surface area (Å²) in [6.07, 6.45) is 1.31. The lowest BCUT2D eigenvalue weighted by atomic mass is 10.1. The number of benzene rings is 2. The molecule has 3 rings (SSSR count). The SMILES string of the molecule is CCOC(=O)c1cccc(NS(=O)(=O)c2ccc(N3CCCC3=O)cc2)c1C. The highest BCUT2D eigenvalue weighted by Gasteiger charge is 2.23. The molecule has 1 aliphatic heterocycles. The lowest BCUT2D eigenvalue weighted by Gasteiger charge is -2.17. The average Bonchev–Trinajstić information content (AvgIpc) is 3.09. The number of carbonyl (C=O) groups excluding carboxylic acids is 2. The standard InChI is InChI=1S/C20H22N2O5S/c1-3-27-20(24)17-6-4-7-18(14(17)2)21-28(25,26)16-11-9-15(10-12-16)22-13-5-8-19(22)23/h4,6-7,9-12,21H,3,5,8,13H2,1-2H3. The lowest BCUT2D eigenvalue weighted by molar-refractivity contribution is -0.117. The second-order valence-corrected chi connectivity index (χ2v) is 8.13.